The molecule has 0 saturated carbocycles. The first kappa shape index (κ1) is 20.9. The lowest BCUT2D eigenvalue weighted by atomic mass is 10.1. The third kappa shape index (κ3) is 4.78. The number of hydrogen-bond donors (Lipinski definition) is 1. The highest BCUT2D eigenvalue weighted by Crippen LogP contribution is 2.23. The predicted octanol–water partition coefficient (Wildman–Crippen LogP) is 2.82. The van der Waals surface area contributed by atoms with Gasteiger partial charge in [-0.3, -0.25) is 4.79 Å². The SMILES string of the molecule is COC(CNC(=O)CCc1c(C)nc2cc(-c3cccc(F)c3)nn2c1C)OC. The molecule has 1 aromatic carbocycles. The average molecular weight is 400 g/mol. The second-order valence-corrected chi connectivity index (χ2v) is 6.78. The van der Waals surface area contributed by atoms with E-state index in [-0.39, 0.29) is 18.3 Å². The summed E-state index contributed by atoms with van der Waals surface area (Å²) in [6.45, 7) is 4.15. The van der Waals surface area contributed by atoms with E-state index in [4.69, 9.17) is 9.47 Å². The van der Waals surface area contributed by atoms with E-state index in [1.54, 1.807) is 10.6 Å². The number of benzene rings is 1. The minimum absolute atomic E-state index is 0.0936. The van der Waals surface area contributed by atoms with Crippen LogP contribution in [0, 0.1) is 19.7 Å². The number of carbonyl (C=O) groups excluding carboxylic acids is 1. The van der Waals surface area contributed by atoms with Crippen LogP contribution in [0.2, 0.25) is 0 Å². The van der Waals surface area contributed by atoms with E-state index >= 15 is 0 Å². The Labute approximate surface area is 168 Å². The Morgan fingerprint density at radius 3 is 2.69 bits per heavy atom. The second kappa shape index (κ2) is 9.11. The molecule has 0 aliphatic carbocycles. The lowest BCUT2D eigenvalue weighted by Crippen LogP contribution is -2.34. The van der Waals surface area contributed by atoms with Gasteiger partial charge in [-0.25, -0.2) is 13.9 Å². The van der Waals surface area contributed by atoms with Crippen molar-refractivity contribution in [2.75, 3.05) is 20.8 Å². The predicted molar refractivity (Wildman–Crippen MR) is 107 cm³/mol. The Morgan fingerprint density at radius 2 is 2.00 bits per heavy atom. The number of nitrogens with zero attached hydrogens (tertiary/aromatic N) is 3. The maximum absolute atomic E-state index is 13.5. The molecule has 0 spiro atoms. The molecule has 2 heterocycles. The van der Waals surface area contributed by atoms with Crippen molar-refractivity contribution in [1.29, 1.82) is 0 Å². The molecule has 3 rings (SSSR count). The maximum Gasteiger partial charge on any atom is 0.220 e. The van der Waals surface area contributed by atoms with Crippen LogP contribution in [-0.4, -0.2) is 47.6 Å². The minimum atomic E-state index is -0.467. The molecule has 0 atom stereocenters. The van der Waals surface area contributed by atoms with Gasteiger partial charge < -0.3 is 14.8 Å². The third-order valence-corrected chi connectivity index (χ3v) is 4.88. The van der Waals surface area contributed by atoms with E-state index in [0.717, 1.165) is 17.0 Å². The van der Waals surface area contributed by atoms with Crippen LogP contribution >= 0.6 is 0 Å². The van der Waals surface area contributed by atoms with Crippen molar-refractivity contribution in [1.82, 2.24) is 19.9 Å². The fourth-order valence-electron chi connectivity index (χ4n) is 3.26. The molecule has 0 bridgehead atoms. The molecule has 3 aromatic rings. The molecular formula is C21H25FN4O3. The van der Waals surface area contributed by atoms with Gasteiger partial charge in [-0.1, -0.05) is 12.1 Å². The van der Waals surface area contributed by atoms with Crippen LogP contribution in [-0.2, 0) is 20.7 Å². The molecule has 1 N–H and O–H groups in total. The topological polar surface area (TPSA) is 77.8 Å². The number of fused-ring (bicyclic) bond motifs is 1. The van der Waals surface area contributed by atoms with Gasteiger partial charge in [0, 0.05) is 43.7 Å². The van der Waals surface area contributed by atoms with Crippen LogP contribution in [0.4, 0.5) is 4.39 Å². The van der Waals surface area contributed by atoms with Crippen molar-refractivity contribution in [2.24, 2.45) is 0 Å². The van der Waals surface area contributed by atoms with E-state index < -0.39 is 6.29 Å². The van der Waals surface area contributed by atoms with Crippen molar-refractivity contribution in [3.8, 4) is 11.3 Å². The molecule has 29 heavy (non-hydrogen) atoms. The highest BCUT2D eigenvalue weighted by atomic mass is 19.1. The molecule has 1 amide bonds. The molecule has 0 unspecified atom stereocenters. The first-order valence-corrected chi connectivity index (χ1v) is 9.37. The molecule has 0 saturated heterocycles. The Morgan fingerprint density at radius 1 is 1.24 bits per heavy atom. The number of rotatable bonds is 8. The average Bonchev–Trinajstić information content (AvgIpc) is 3.13. The summed E-state index contributed by atoms with van der Waals surface area (Å²) >= 11 is 0. The summed E-state index contributed by atoms with van der Waals surface area (Å²) in [5.74, 6) is -0.403. The lowest BCUT2D eigenvalue weighted by Gasteiger charge is -2.14. The lowest BCUT2D eigenvalue weighted by molar-refractivity contribution is -0.127. The highest BCUT2D eigenvalue weighted by molar-refractivity contribution is 5.76. The smallest absolute Gasteiger partial charge is 0.220 e. The number of nitrogens with one attached hydrogen (secondary N) is 1. The maximum atomic E-state index is 13.5. The van der Waals surface area contributed by atoms with Gasteiger partial charge >= 0.3 is 0 Å². The number of ether oxygens (including phenoxy) is 2. The van der Waals surface area contributed by atoms with Crippen LogP contribution in [0.25, 0.3) is 16.9 Å². The van der Waals surface area contributed by atoms with Crippen LogP contribution in [0.3, 0.4) is 0 Å². The van der Waals surface area contributed by atoms with E-state index in [9.17, 15) is 9.18 Å². The fourth-order valence-corrected chi connectivity index (χ4v) is 3.26. The summed E-state index contributed by atoms with van der Waals surface area (Å²) in [6.07, 6.45) is 0.380. The van der Waals surface area contributed by atoms with Crippen molar-refractivity contribution in [2.45, 2.75) is 33.0 Å². The third-order valence-electron chi connectivity index (χ3n) is 4.88. The molecular weight excluding hydrogens is 375 g/mol. The largest absolute Gasteiger partial charge is 0.354 e. The van der Waals surface area contributed by atoms with Gasteiger partial charge in [-0.15, -0.1) is 0 Å². The normalized spacial score (nSPS) is 11.4. The fraction of sp³-hybridized carbons (Fsp3) is 0.381. The van der Waals surface area contributed by atoms with Crippen molar-refractivity contribution < 1.29 is 18.7 Å². The summed E-state index contributed by atoms with van der Waals surface area (Å²) in [4.78, 5) is 16.8. The van der Waals surface area contributed by atoms with Gasteiger partial charge in [0.2, 0.25) is 5.91 Å². The Hall–Kier alpha value is -2.84. The molecule has 0 aliphatic rings. The number of halogens is 1. The van der Waals surface area contributed by atoms with Gasteiger partial charge in [-0.05, 0) is 38.0 Å². The molecule has 0 radical (unpaired) electrons. The Kier molecular flexibility index (Phi) is 6.56. The van der Waals surface area contributed by atoms with Crippen LogP contribution in [0.15, 0.2) is 30.3 Å². The minimum Gasteiger partial charge on any atom is -0.354 e. The monoisotopic (exact) mass is 400 g/mol. The molecule has 7 nitrogen and oxygen atoms in total. The van der Waals surface area contributed by atoms with Gasteiger partial charge in [-0.2, -0.15) is 5.10 Å². The summed E-state index contributed by atoms with van der Waals surface area (Å²) in [7, 11) is 3.05. The Balaban J connectivity index is 1.78. The molecule has 2 aromatic heterocycles. The van der Waals surface area contributed by atoms with Crippen LogP contribution in [0.1, 0.15) is 23.4 Å². The van der Waals surface area contributed by atoms with Gasteiger partial charge in [0.15, 0.2) is 11.9 Å². The van der Waals surface area contributed by atoms with Crippen molar-refractivity contribution >= 4 is 11.6 Å². The van der Waals surface area contributed by atoms with Crippen molar-refractivity contribution in [3.63, 3.8) is 0 Å². The number of hydrogen-bond acceptors (Lipinski definition) is 5. The van der Waals surface area contributed by atoms with Gasteiger partial charge in [0.05, 0.1) is 12.2 Å². The zero-order valence-corrected chi connectivity index (χ0v) is 17.0. The van der Waals surface area contributed by atoms with E-state index in [1.807, 2.05) is 26.0 Å². The number of aromatic nitrogens is 3. The summed E-state index contributed by atoms with van der Waals surface area (Å²) in [6, 6.07) is 8.15. The van der Waals surface area contributed by atoms with E-state index in [2.05, 4.69) is 15.4 Å². The molecule has 0 aliphatic heterocycles. The zero-order valence-electron chi connectivity index (χ0n) is 17.0. The van der Waals surface area contributed by atoms with E-state index in [0.29, 0.717) is 29.7 Å². The van der Waals surface area contributed by atoms with Gasteiger partial charge in [0.1, 0.15) is 5.82 Å². The van der Waals surface area contributed by atoms with Crippen LogP contribution < -0.4 is 5.32 Å². The standard InChI is InChI=1S/C21H25FN4O3/c1-13-17(8-9-20(27)23-12-21(28-3)29-4)14(2)26-19(24-13)11-18(25-26)15-6-5-7-16(22)10-15/h5-7,10-11,21H,8-9,12H2,1-4H3,(H,23,27). The van der Waals surface area contributed by atoms with Crippen molar-refractivity contribution in [3.05, 3.63) is 53.1 Å². The number of methoxy groups -OCH3 is 2. The summed E-state index contributed by atoms with van der Waals surface area (Å²) < 4.78 is 25.4. The molecule has 154 valence electrons. The first-order valence-electron chi connectivity index (χ1n) is 9.37. The number of amides is 1. The Bertz CT molecular complexity index is 1010. The quantitative estimate of drug-likeness (QED) is 0.589. The number of carbonyl (C=O) groups is 1. The second-order valence-electron chi connectivity index (χ2n) is 6.78. The number of aryl methyl sites for hydroxylation is 2. The van der Waals surface area contributed by atoms with Gasteiger partial charge in [0.25, 0.3) is 0 Å². The molecule has 0 fully saturated rings. The highest BCUT2D eigenvalue weighted by Gasteiger charge is 2.15. The first-order chi connectivity index (χ1) is 13.9. The summed E-state index contributed by atoms with van der Waals surface area (Å²) in [5.41, 5.74) is 4.76. The summed E-state index contributed by atoms with van der Waals surface area (Å²) in [5, 5.41) is 7.38. The zero-order chi connectivity index (χ0) is 21.0. The van der Waals surface area contributed by atoms with Crippen LogP contribution in [0.5, 0.6) is 0 Å². The van der Waals surface area contributed by atoms with E-state index in [1.165, 1.54) is 26.4 Å². The molecule has 8 heteroatoms.